The molecule has 0 fully saturated rings. The number of hydrogen-bond acceptors (Lipinski definition) is 4. The smallest absolute Gasteiger partial charge is 0.331 e. The van der Waals surface area contributed by atoms with E-state index in [9.17, 15) is 9.59 Å². The van der Waals surface area contributed by atoms with Crippen molar-refractivity contribution in [1.82, 2.24) is 14.7 Å². The van der Waals surface area contributed by atoms with Gasteiger partial charge in [-0.3, -0.25) is 9.48 Å². The molecule has 0 aliphatic rings. The minimum atomic E-state index is -0.850. The van der Waals surface area contributed by atoms with Gasteiger partial charge in [0.05, 0.1) is 5.69 Å². The third kappa shape index (κ3) is 4.81. The molecule has 1 heterocycles. The van der Waals surface area contributed by atoms with Crippen LogP contribution >= 0.6 is 0 Å². The molecule has 2 rings (SSSR count). The van der Waals surface area contributed by atoms with Crippen molar-refractivity contribution in [3.8, 4) is 0 Å². The molecule has 0 N–H and O–H groups in total. The highest BCUT2D eigenvalue weighted by molar-refractivity contribution is 5.90. The van der Waals surface area contributed by atoms with Gasteiger partial charge in [-0.2, -0.15) is 5.10 Å². The van der Waals surface area contributed by atoms with E-state index in [2.05, 4.69) is 5.10 Å². The maximum Gasteiger partial charge on any atom is 0.331 e. The second-order valence-electron chi connectivity index (χ2n) is 6.30. The lowest BCUT2D eigenvalue weighted by atomic mass is 10.2. The molecule has 0 saturated carbocycles. The molecule has 1 amide bonds. The number of hydrogen-bond donors (Lipinski definition) is 0. The summed E-state index contributed by atoms with van der Waals surface area (Å²) in [6.07, 6.45) is 2.15. The molecular formula is C20H25N3O3. The first-order valence-corrected chi connectivity index (χ1v) is 8.47. The number of rotatable bonds is 6. The zero-order valence-electron chi connectivity index (χ0n) is 15.9. The molecule has 2 aromatic rings. The number of benzene rings is 1. The maximum absolute atomic E-state index is 12.4. The summed E-state index contributed by atoms with van der Waals surface area (Å²) in [6, 6.07) is 9.66. The van der Waals surface area contributed by atoms with Gasteiger partial charge in [-0.05, 0) is 32.4 Å². The fourth-order valence-corrected chi connectivity index (χ4v) is 2.69. The first kappa shape index (κ1) is 19.4. The molecule has 0 bridgehead atoms. The number of carbonyl (C=O) groups excluding carboxylic acids is 2. The first-order chi connectivity index (χ1) is 12.3. The molecule has 6 nitrogen and oxygen atoms in total. The van der Waals surface area contributed by atoms with E-state index in [1.807, 2.05) is 51.2 Å². The SMILES string of the molecule is Cc1nn(C)c(C)c1/C=C/C(=O)O[C@@H](C)C(=O)N(C)Cc1ccccc1. The number of carbonyl (C=O) groups is 2. The average Bonchev–Trinajstić information content (AvgIpc) is 2.85. The fourth-order valence-electron chi connectivity index (χ4n) is 2.69. The quantitative estimate of drug-likeness (QED) is 0.590. The zero-order valence-corrected chi connectivity index (χ0v) is 15.9. The number of nitrogens with zero attached hydrogens (tertiary/aromatic N) is 3. The molecule has 0 unspecified atom stereocenters. The summed E-state index contributed by atoms with van der Waals surface area (Å²) in [7, 11) is 3.54. The van der Waals surface area contributed by atoms with Gasteiger partial charge in [0.1, 0.15) is 0 Å². The predicted molar refractivity (Wildman–Crippen MR) is 100 cm³/mol. The van der Waals surface area contributed by atoms with Gasteiger partial charge in [0.25, 0.3) is 5.91 Å². The minimum Gasteiger partial charge on any atom is -0.449 e. The Hall–Kier alpha value is -2.89. The fraction of sp³-hybridized carbons (Fsp3) is 0.350. The van der Waals surface area contributed by atoms with Crippen LogP contribution in [0.15, 0.2) is 36.4 Å². The Labute approximate surface area is 154 Å². The molecule has 1 atom stereocenters. The third-order valence-corrected chi connectivity index (χ3v) is 4.23. The van der Waals surface area contributed by atoms with Gasteiger partial charge in [-0.1, -0.05) is 30.3 Å². The van der Waals surface area contributed by atoms with E-state index in [4.69, 9.17) is 4.74 Å². The van der Waals surface area contributed by atoms with E-state index in [0.29, 0.717) is 6.54 Å². The molecule has 0 radical (unpaired) electrons. The summed E-state index contributed by atoms with van der Waals surface area (Å²) < 4.78 is 6.99. The number of amides is 1. The summed E-state index contributed by atoms with van der Waals surface area (Å²) in [5.41, 5.74) is 3.69. The third-order valence-electron chi connectivity index (χ3n) is 4.23. The van der Waals surface area contributed by atoms with Crippen LogP contribution in [-0.4, -0.2) is 39.7 Å². The van der Waals surface area contributed by atoms with E-state index < -0.39 is 12.1 Å². The lowest BCUT2D eigenvalue weighted by Crippen LogP contribution is -2.36. The van der Waals surface area contributed by atoms with Gasteiger partial charge in [-0.15, -0.1) is 0 Å². The van der Waals surface area contributed by atoms with Crippen LogP contribution in [-0.2, 0) is 27.9 Å². The van der Waals surface area contributed by atoms with Gasteiger partial charge in [0.2, 0.25) is 0 Å². The highest BCUT2D eigenvalue weighted by atomic mass is 16.5. The lowest BCUT2D eigenvalue weighted by molar-refractivity contribution is -0.154. The van der Waals surface area contributed by atoms with Crippen LogP contribution in [0.25, 0.3) is 6.08 Å². The first-order valence-electron chi connectivity index (χ1n) is 8.47. The largest absolute Gasteiger partial charge is 0.449 e. The van der Waals surface area contributed by atoms with E-state index in [1.54, 1.807) is 29.6 Å². The van der Waals surface area contributed by atoms with Gasteiger partial charge in [0.15, 0.2) is 6.10 Å². The molecule has 26 heavy (non-hydrogen) atoms. The van der Waals surface area contributed by atoms with Crippen molar-refractivity contribution in [3.63, 3.8) is 0 Å². The Morgan fingerprint density at radius 1 is 1.27 bits per heavy atom. The molecule has 0 aliphatic carbocycles. The Bertz CT molecular complexity index is 809. The van der Waals surface area contributed by atoms with Crippen molar-refractivity contribution in [2.75, 3.05) is 7.05 Å². The van der Waals surface area contributed by atoms with Crippen molar-refractivity contribution in [2.24, 2.45) is 7.05 Å². The van der Waals surface area contributed by atoms with Crippen LogP contribution in [0.3, 0.4) is 0 Å². The molecule has 1 aromatic carbocycles. The van der Waals surface area contributed by atoms with Gasteiger partial charge < -0.3 is 9.64 Å². The van der Waals surface area contributed by atoms with Crippen molar-refractivity contribution in [1.29, 1.82) is 0 Å². The van der Waals surface area contributed by atoms with Crippen molar-refractivity contribution < 1.29 is 14.3 Å². The number of aromatic nitrogens is 2. The van der Waals surface area contributed by atoms with Crippen LogP contribution in [0.1, 0.15) is 29.4 Å². The van der Waals surface area contributed by atoms with E-state index in [-0.39, 0.29) is 5.91 Å². The van der Waals surface area contributed by atoms with E-state index >= 15 is 0 Å². The molecule has 138 valence electrons. The van der Waals surface area contributed by atoms with Crippen LogP contribution in [0.2, 0.25) is 0 Å². The summed E-state index contributed by atoms with van der Waals surface area (Å²) in [5.74, 6) is -0.800. The van der Waals surface area contributed by atoms with Crippen LogP contribution in [0.4, 0.5) is 0 Å². The molecule has 0 saturated heterocycles. The second-order valence-corrected chi connectivity index (χ2v) is 6.30. The summed E-state index contributed by atoms with van der Waals surface area (Å²) in [5, 5.41) is 4.29. The Kier molecular flexibility index (Phi) is 6.33. The van der Waals surface area contributed by atoms with Crippen LogP contribution < -0.4 is 0 Å². The summed E-state index contributed by atoms with van der Waals surface area (Å²) in [6.45, 7) is 5.85. The molecule has 1 aromatic heterocycles. The molecule has 6 heteroatoms. The zero-order chi connectivity index (χ0) is 19.3. The van der Waals surface area contributed by atoms with Crippen molar-refractivity contribution in [2.45, 2.75) is 33.4 Å². The van der Waals surface area contributed by atoms with Gasteiger partial charge in [0, 0.05) is 38.0 Å². The van der Waals surface area contributed by atoms with Gasteiger partial charge in [-0.25, -0.2) is 4.79 Å². The molecule has 0 spiro atoms. The Morgan fingerprint density at radius 3 is 2.50 bits per heavy atom. The predicted octanol–water partition coefficient (Wildman–Crippen LogP) is 2.64. The summed E-state index contributed by atoms with van der Waals surface area (Å²) in [4.78, 5) is 26.0. The maximum atomic E-state index is 12.4. The van der Waals surface area contributed by atoms with E-state index in [0.717, 1.165) is 22.5 Å². The number of likely N-dealkylation sites (N-methyl/N-ethyl adjacent to an activating group) is 1. The monoisotopic (exact) mass is 355 g/mol. The van der Waals surface area contributed by atoms with Crippen LogP contribution in [0.5, 0.6) is 0 Å². The van der Waals surface area contributed by atoms with Crippen molar-refractivity contribution >= 4 is 18.0 Å². The summed E-state index contributed by atoms with van der Waals surface area (Å²) >= 11 is 0. The number of aryl methyl sites for hydroxylation is 2. The minimum absolute atomic E-state index is 0.246. The standard InChI is InChI=1S/C20H25N3O3/c1-14-18(15(2)23(5)21-14)11-12-19(24)26-16(3)20(25)22(4)13-17-9-7-6-8-10-17/h6-12,16H,13H2,1-5H3/b12-11+/t16-/m0/s1. The second kappa shape index (κ2) is 8.47. The number of esters is 1. The average molecular weight is 355 g/mol. The molecular weight excluding hydrogens is 330 g/mol. The topological polar surface area (TPSA) is 64.4 Å². The van der Waals surface area contributed by atoms with Crippen LogP contribution in [0, 0.1) is 13.8 Å². The van der Waals surface area contributed by atoms with Crippen molar-refractivity contribution in [3.05, 3.63) is 58.9 Å². The normalized spacial score (nSPS) is 12.2. The Balaban J connectivity index is 1.93. The highest BCUT2D eigenvalue weighted by Gasteiger charge is 2.20. The Morgan fingerprint density at radius 2 is 1.92 bits per heavy atom. The molecule has 0 aliphatic heterocycles. The number of ether oxygens (including phenoxy) is 1. The lowest BCUT2D eigenvalue weighted by Gasteiger charge is -2.21. The van der Waals surface area contributed by atoms with E-state index in [1.165, 1.54) is 6.08 Å². The van der Waals surface area contributed by atoms with Gasteiger partial charge >= 0.3 is 5.97 Å². The highest BCUT2D eigenvalue weighted by Crippen LogP contribution is 2.14.